The highest BCUT2D eigenvalue weighted by atomic mass is 19.1. The summed E-state index contributed by atoms with van der Waals surface area (Å²) in [4.78, 5) is 3.61. The van der Waals surface area contributed by atoms with Crippen LogP contribution in [0.25, 0.3) is 5.57 Å². The van der Waals surface area contributed by atoms with Gasteiger partial charge in [-0.2, -0.15) is 4.39 Å². The predicted octanol–water partition coefficient (Wildman–Crippen LogP) is 2.95. The lowest BCUT2D eigenvalue weighted by Gasteiger charge is -2.06. The number of allylic oxidation sites excluding steroid dienone is 4. The Morgan fingerprint density at radius 3 is 2.92 bits per heavy atom. The highest BCUT2D eigenvalue weighted by molar-refractivity contribution is 5.74. The van der Waals surface area contributed by atoms with Crippen LogP contribution in [-0.2, 0) is 0 Å². The third kappa shape index (κ3) is 1.66. The molecule has 1 heterocycles. The Kier molecular flexibility index (Phi) is 2.21. The summed E-state index contributed by atoms with van der Waals surface area (Å²) >= 11 is 0. The Morgan fingerprint density at radius 1 is 1.31 bits per heavy atom. The predicted molar refractivity (Wildman–Crippen MR) is 50.5 cm³/mol. The van der Waals surface area contributed by atoms with E-state index in [4.69, 9.17) is 0 Å². The van der Waals surface area contributed by atoms with Crippen LogP contribution in [0.1, 0.15) is 18.4 Å². The fraction of sp³-hybridized carbons (Fsp3) is 0.182. The molecule has 1 aliphatic carbocycles. The van der Waals surface area contributed by atoms with Gasteiger partial charge in [-0.25, -0.2) is 4.98 Å². The van der Waals surface area contributed by atoms with Gasteiger partial charge in [0.2, 0.25) is 5.95 Å². The molecule has 1 aliphatic rings. The fourth-order valence-electron chi connectivity index (χ4n) is 1.41. The second-order valence-electron chi connectivity index (χ2n) is 2.98. The molecule has 2 heteroatoms. The maximum absolute atomic E-state index is 13.2. The number of halogens is 1. The summed E-state index contributed by atoms with van der Waals surface area (Å²) < 4.78 is 13.2. The normalized spacial score (nSPS) is 15.6. The van der Waals surface area contributed by atoms with Crippen molar-refractivity contribution < 1.29 is 4.39 Å². The van der Waals surface area contributed by atoms with Gasteiger partial charge in [0, 0.05) is 11.8 Å². The fourth-order valence-corrected chi connectivity index (χ4v) is 1.41. The van der Waals surface area contributed by atoms with Crippen molar-refractivity contribution in [3.8, 4) is 0 Å². The number of aromatic nitrogens is 1. The molecule has 0 saturated carbocycles. The lowest BCUT2D eigenvalue weighted by atomic mass is 10.0. The molecule has 2 rings (SSSR count). The quantitative estimate of drug-likeness (QED) is 0.598. The van der Waals surface area contributed by atoms with Crippen LogP contribution in [0.3, 0.4) is 0 Å². The number of pyridine rings is 1. The van der Waals surface area contributed by atoms with Gasteiger partial charge < -0.3 is 0 Å². The van der Waals surface area contributed by atoms with E-state index in [2.05, 4.69) is 11.1 Å². The van der Waals surface area contributed by atoms with Gasteiger partial charge in [-0.15, -0.1) is 0 Å². The number of hydrogen-bond acceptors (Lipinski definition) is 1. The summed E-state index contributed by atoms with van der Waals surface area (Å²) in [7, 11) is 0. The van der Waals surface area contributed by atoms with Crippen LogP contribution in [-0.4, -0.2) is 4.98 Å². The molecule has 66 valence electrons. The van der Waals surface area contributed by atoms with Gasteiger partial charge in [0.15, 0.2) is 0 Å². The molecule has 0 saturated heterocycles. The van der Waals surface area contributed by atoms with Gasteiger partial charge in [-0.05, 0) is 30.5 Å². The Morgan fingerprint density at radius 2 is 2.23 bits per heavy atom. The minimum atomic E-state index is -0.389. The van der Waals surface area contributed by atoms with Gasteiger partial charge in [-0.3, -0.25) is 0 Å². The largest absolute Gasteiger partial charge is 0.228 e. The van der Waals surface area contributed by atoms with Crippen molar-refractivity contribution in [2.45, 2.75) is 12.8 Å². The van der Waals surface area contributed by atoms with E-state index in [9.17, 15) is 4.39 Å². The Bertz CT molecular complexity index is 366. The molecule has 0 unspecified atom stereocenters. The minimum absolute atomic E-state index is 0.389. The topological polar surface area (TPSA) is 12.9 Å². The first-order chi connectivity index (χ1) is 6.38. The summed E-state index contributed by atoms with van der Waals surface area (Å²) in [5.74, 6) is -0.389. The summed E-state index contributed by atoms with van der Waals surface area (Å²) in [6, 6.07) is 3.51. The number of hydrogen-bond donors (Lipinski definition) is 0. The maximum Gasteiger partial charge on any atom is 0.220 e. The van der Waals surface area contributed by atoms with Crippen molar-refractivity contribution in [1.82, 2.24) is 4.98 Å². The highest BCUT2D eigenvalue weighted by Crippen LogP contribution is 2.22. The van der Waals surface area contributed by atoms with Crippen LogP contribution in [0.15, 0.2) is 36.6 Å². The molecule has 13 heavy (non-hydrogen) atoms. The van der Waals surface area contributed by atoms with Crippen LogP contribution >= 0.6 is 0 Å². The molecule has 1 nitrogen and oxygen atoms in total. The Balaban J connectivity index is 2.40. The molecule has 0 amide bonds. The van der Waals surface area contributed by atoms with E-state index in [1.165, 1.54) is 6.20 Å². The van der Waals surface area contributed by atoms with Gasteiger partial charge in [0.25, 0.3) is 0 Å². The summed E-state index contributed by atoms with van der Waals surface area (Å²) in [6.45, 7) is 0. The average molecular weight is 175 g/mol. The molecule has 0 N–H and O–H groups in total. The van der Waals surface area contributed by atoms with Gasteiger partial charge in [0.1, 0.15) is 0 Å². The molecule has 0 aliphatic heterocycles. The number of rotatable bonds is 1. The molecular formula is C11H10FN. The van der Waals surface area contributed by atoms with Gasteiger partial charge in [-0.1, -0.05) is 18.2 Å². The second-order valence-corrected chi connectivity index (χ2v) is 2.98. The summed E-state index contributed by atoms with van der Waals surface area (Å²) in [5.41, 5.74) is 1.54. The van der Waals surface area contributed by atoms with Crippen molar-refractivity contribution >= 4 is 5.57 Å². The van der Waals surface area contributed by atoms with Crippen molar-refractivity contribution in [2.75, 3.05) is 0 Å². The Hall–Kier alpha value is -1.44. The third-order valence-electron chi connectivity index (χ3n) is 2.07. The Labute approximate surface area is 76.6 Å². The zero-order valence-electron chi connectivity index (χ0n) is 7.20. The highest BCUT2D eigenvalue weighted by Gasteiger charge is 2.06. The van der Waals surface area contributed by atoms with Crippen molar-refractivity contribution in [1.29, 1.82) is 0 Å². The third-order valence-corrected chi connectivity index (χ3v) is 2.07. The van der Waals surface area contributed by atoms with Crippen molar-refractivity contribution in [2.24, 2.45) is 0 Å². The summed E-state index contributed by atoms with van der Waals surface area (Å²) in [5, 5.41) is 0. The molecule has 0 atom stereocenters. The van der Waals surface area contributed by atoms with Gasteiger partial charge in [0.05, 0.1) is 0 Å². The van der Waals surface area contributed by atoms with Crippen molar-refractivity contribution in [3.63, 3.8) is 0 Å². The molecule has 0 bridgehead atoms. The van der Waals surface area contributed by atoms with E-state index in [0.29, 0.717) is 5.56 Å². The van der Waals surface area contributed by atoms with Crippen LogP contribution in [0.2, 0.25) is 0 Å². The van der Waals surface area contributed by atoms with Crippen LogP contribution < -0.4 is 0 Å². The van der Waals surface area contributed by atoms with Crippen molar-refractivity contribution in [3.05, 3.63) is 48.1 Å². The molecule has 0 aromatic carbocycles. The monoisotopic (exact) mass is 175 g/mol. The minimum Gasteiger partial charge on any atom is -0.228 e. The molecule has 1 aromatic heterocycles. The van der Waals surface area contributed by atoms with Crippen LogP contribution in [0, 0.1) is 5.95 Å². The molecular weight excluding hydrogens is 165 g/mol. The van der Waals surface area contributed by atoms with E-state index in [1.807, 2.05) is 12.2 Å². The zero-order chi connectivity index (χ0) is 9.10. The number of nitrogens with zero attached hydrogens (tertiary/aromatic N) is 1. The summed E-state index contributed by atoms with van der Waals surface area (Å²) in [6.07, 6.45) is 9.54. The van der Waals surface area contributed by atoms with E-state index < -0.39 is 0 Å². The molecule has 0 fully saturated rings. The van der Waals surface area contributed by atoms with E-state index >= 15 is 0 Å². The first-order valence-corrected chi connectivity index (χ1v) is 4.35. The SMILES string of the molecule is Fc1ncccc1C1=CCCC=C1. The first kappa shape index (κ1) is 8.17. The van der Waals surface area contributed by atoms with E-state index in [1.54, 1.807) is 12.1 Å². The van der Waals surface area contributed by atoms with Gasteiger partial charge >= 0.3 is 0 Å². The smallest absolute Gasteiger partial charge is 0.220 e. The van der Waals surface area contributed by atoms with Crippen LogP contribution in [0.5, 0.6) is 0 Å². The standard InChI is InChI=1S/C11H10FN/c12-11-10(7-4-8-13-11)9-5-2-1-3-6-9/h2,4-8H,1,3H2. The first-order valence-electron chi connectivity index (χ1n) is 4.35. The van der Waals surface area contributed by atoms with E-state index in [-0.39, 0.29) is 5.95 Å². The van der Waals surface area contributed by atoms with Crippen LogP contribution in [0.4, 0.5) is 4.39 Å². The molecule has 1 aromatic rings. The lowest BCUT2D eigenvalue weighted by Crippen LogP contribution is -1.92. The van der Waals surface area contributed by atoms with E-state index in [0.717, 1.165) is 18.4 Å². The molecule has 0 radical (unpaired) electrons. The second kappa shape index (κ2) is 3.52. The average Bonchev–Trinajstić information content (AvgIpc) is 2.20. The lowest BCUT2D eigenvalue weighted by molar-refractivity contribution is 0.580. The zero-order valence-corrected chi connectivity index (χ0v) is 7.20. The molecule has 0 spiro atoms. The maximum atomic E-state index is 13.2.